The van der Waals surface area contributed by atoms with Crippen molar-refractivity contribution in [3.63, 3.8) is 0 Å². The quantitative estimate of drug-likeness (QED) is 0.943. The third-order valence-corrected chi connectivity index (χ3v) is 4.36. The topological polar surface area (TPSA) is 73.4 Å². The molecule has 2 aromatic rings. The second-order valence-electron chi connectivity index (χ2n) is 6.08. The number of fused-ring (bicyclic) bond motifs is 2. The molecule has 0 bridgehead atoms. The zero-order valence-electron chi connectivity index (χ0n) is 12.8. The van der Waals surface area contributed by atoms with E-state index in [1.807, 2.05) is 24.1 Å². The van der Waals surface area contributed by atoms with Gasteiger partial charge in [-0.25, -0.2) is 9.98 Å². The first kappa shape index (κ1) is 13.9. The van der Waals surface area contributed by atoms with Gasteiger partial charge in [-0.05, 0) is 36.6 Å². The normalized spacial score (nSPS) is 22.5. The summed E-state index contributed by atoms with van der Waals surface area (Å²) in [6.07, 6.45) is 6.67. The molecule has 1 unspecified atom stereocenters. The molecule has 6 heteroatoms. The van der Waals surface area contributed by atoms with E-state index in [-0.39, 0.29) is 11.3 Å². The molecule has 23 heavy (non-hydrogen) atoms. The molecule has 1 N–H and O–H groups in total. The summed E-state index contributed by atoms with van der Waals surface area (Å²) in [5, 5.41) is 11.1. The Kier molecular flexibility index (Phi) is 3.11. The number of phenols is 1. The van der Waals surface area contributed by atoms with Crippen molar-refractivity contribution in [3.8, 4) is 5.75 Å². The molecule has 0 saturated carbocycles. The Morgan fingerprint density at radius 2 is 2.26 bits per heavy atom. The molecule has 116 valence electrons. The van der Waals surface area contributed by atoms with E-state index in [0.29, 0.717) is 5.52 Å². The van der Waals surface area contributed by atoms with Crippen molar-refractivity contribution in [2.45, 2.75) is 18.4 Å². The van der Waals surface area contributed by atoms with Crippen LogP contribution >= 0.6 is 0 Å². The molecule has 1 aromatic heterocycles. The SMILES string of the molecule is CN1C=NC2=NC=NC2(CCc2cc(O)c3ncccc3c2)C1. The van der Waals surface area contributed by atoms with Crippen LogP contribution in [0.2, 0.25) is 0 Å². The van der Waals surface area contributed by atoms with Gasteiger partial charge in [-0.1, -0.05) is 6.07 Å². The minimum atomic E-state index is -0.372. The van der Waals surface area contributed by atoms with Gasteiger partial charge in [-0.2, -0.15) is 0 Å². The number of amidine groups is 1. The number of phenolic OH excluding ortho intramolecular Hbond substituents is 1. The number of pyridine rings is 1. The van der Waals surface area contributed by atoms with Crippen LogP contribution in [0.4, 0.5) is 0 Å². The van der Waals surface area contributed by atoms with E-state index in [1.54, 1.807) is 24.9 Å². The van der Waals surface area contributed by atoms with Crippen molar-refractivity contribution in [2.24, 2.45) is 15.0 Å². The molecule has 1 aromatic carbocycles. The molecular formula is C17H17N5O. The van der Waals surface area contributed by atoms with Gasteiger partial charge in [0.1, 0.15) is 23.1 Å². The van der Waals surface area contributed by atoms with Gasteiger partial charge in [0.25, 0.3) is 0 Å². The van der Waals surface area contributed by atoms with Gasteiger partial charge in [-0.15, -0.1) is 0 Å². The molecule has 0 saturated heterocycles. The smallest absolute Gasteiger partial charge is 0.161 e. The Morgan fingerprint density at radius 3 is 3.17 bits per heavy atom. The summed E-state index contributed by atoms with van der Waals surface area (Å²) in [6, 6.07) is 7.70. The number of benzene rings is 1. The molecule has 0 fully saturated rings. The lowest BCUT2D eigenvalue weighted by molar-refractivity contribution is 0.384. The third-order valence-electron chi connectivity index (χ3n) is 4.36. The first-order chi connectivity index (χ1) is 11.2. The van der Waals surface area contributed by atoms with Crippen molar-refractivity contribution >= 4 is 29.4 Å². The van der Waals surface area contributed by atoms with Crippen molar-refractivity contribution < 1.29 is 5.11 Å². The van der Waals surface area contributed by atoms with Crippen LogP contribution in [-0.4, -0.2) is 52.6 Å². The second kappa shape index (κ2) is 5.15. The minimum absolute atomic E-state index is 0.221. The first-order valence-electron chi connectivity index (χ1n) is 7.59. The molecule has 0 amide bonds. The fourth-order valence-corrected chi connectivity index (χ4v) is 3.23. The Balaban J connectivity index is 1.61. The molecule has 2 aliphatic rings. The lowest BCUT2D eigenvalue weighted by atomic mass is 9.89. The first-order valence-corrected chi connectivity index (χ1v) is 7.59. The Bertz CT molecular complexity index is 857. The Hall–Kier alpha value is -2.76. The lowest BCUT2D eigenvalue weighted by Crippen LogP contribution is -2.48. The highest BCUT2D eigenvalue weighted by atomic mass is 16.3. The van der Waals surface area contributed by atoms with E-state index < -0.39 is 0 Å². The maximum absolute atomic E-state index is 10.2. The molecular weight excluding hydrogens is 290 g/mol. The van der Waals surface area contributed by atoms with E-state index in [1.165, 1.54) is 0 Å². The van der Waals surface area contributed by atoms with Gasteiger partial charge in [0.2, 0.25) is 0 Å². The van der Waals surface area contributed by atoms with Crippen LogP contribution in [-0.2, 0) is 6.42 Å². The predicted octanol–water partition coefficient (Wildman–Crippen LogP) is 2.03. The van der Waals surface area contributed by atoms with E-state index in [9.17, 15) is 5.11 Å². The van der Waals surface area contributed by atoms with Crippen molar-refractivity contribution in [2.75, 3.05) is 13.6 Å². The molecule has 1 atom stereocenters. The summed E-state index contributed by atoms with van der Waals surface area (Å²) >= 11 is 0. The van der Waals surface area contributed by atoms with Crippen molar-refractivity contribution in [1.82, 2.24) is 9.88 Å². The summed E-state index contributed by atoms with van der Waals surface area (Å²) in [6.45, 7) is 0.771. The van der Waals surface area contributed by atoms with E-state index in [2.05, 4.69) is 26.0 Å². The molecule has 0 radical (unpaired) electrons. The highest BCUT2D eigenvalue weighted by Gasteiger charge is 2.40. The van der Waals surface area contributed by atoms with Crippen LogP contribution in [0.1, 0.15) is 12.0 Å². The average molecular weight is 307 g/mol. The number of hydrogen-bond donors (Lipinski definition) is 1. The van der Waals surface area contributed by atoms with Gasteiger partial charge in [0.05, 0.1) is 12.9 Å². The Labute approximate surface area is 133 Å². The largest absolute Gasteiger partial charge is 0.506 e. The summed E-state index contributed by atoms with van der Waals surface area (Å²) in [5.74, 6) is 1.00. The third kappa shape index (κ3) is 2.36. The second-order valence-corrected chi connectivity index (χ2v) is 6.08. The van der Waals surface area contributed by atoms with Crippen LogP contribution in [0.15, 0.2) is 45.4 Å². The predicted molar refractivity (Wildman–Crippen MR) is 91.5 cm³/mol. The summed E-state index contributed by atoms with van der Waals surface area (Å²) in [7, 11) is 1.99. The molecule has 3 heterocycles. The van der Waals surface area contributed by atoms with Crippen LogP contribution < -0.4 is 0 Å². The zero-order chi connectivity index (χ0) is 15.9. The van der Waals surface area contributed by atoms with Crippen LogP contribution in [0.25, 0.3) is 10.9 Å². The van der Waals surface area contributed by atoms with Gasteiger partial charge in [0.15, 0.2) is 5.84 Å². The van der Waals surface area contributed by atoms with E-state index >= 15 is 0 Å². The highest BCUT2D eigenvalue weighted by molar-refractivity contribution is 6.05. The van der Waals surface area contributed by atoms with Gasteiger partial charge < -0.3 is 10.0 Å². The molecule has 2 aliphatic heterocycles. The molecule has 4 rings (SSSR count). The van der Waals surface area contributed by atoms with E-state index in [0.717, 1.165) is 36.2 Å². The summed E-state index contributed by atoms with van der Waals surface area (Å²) < 4.78 is 0. The van der Waals surface area contributed by atoms with Gasteiger partial charge in [0, 0.05) is 18.6 Å². The zero-order valence-corrected chi connectivity index (χ0v) is 12.8. The minimum Gasteiger partial charge on any atom is -0.506 e. The number of likely N-dealkylation sites (N-methyl/N-ethyl adjacent to an activating group) is 1. The standard InChI is InChI=1S/C17H17N5O/c1-22-9-17(16(20-11-22)19-10-21-17)5-4-12-7-13-3-2-6-18-15(13)14(23)8-12/h2-3,6-8,10-11,23H,4-5,9H2,1H3. The summed E-state index contributed by atoms with van der Waals surface area (Å²) in [5.41, 5.74) is 1.33. The molecule has 0 spiro atoms. The van der Waals surface area contributed by atoms with Crippen molar-refractivity contribution in [1.29, 1.82) is 0 Å². The Morgan fingerprint density at radius 1 is 1.35 bits per heavy atom. The van der Waals surface area contributed by atoms with Gasteiger partial charge in [-0.3, -0.25) is 9.98 Å². The number of aliphatic imine (C=N–C) groups is 3. The fraction of sp³-hybridized carbons (Fsp3) is 0.294. The number of aryl methyl sites for hydroxylation is 1. The lowest BCUT2D eigenvalue weighted by Gasteiger charge is -2.33. The summed E-state index contributed by atoms with van der Waals surface area (Å²) in [4.78, 5) is 19.5. The van der Waals surface area contributed by atoms with E-state index in [4.69, 9.17) is 0 Å². The number of aromatic nitrogens is 1. The monoisotopic (exact) mass is 307 g/mol. The average Bonchev–Trinajstić information content (AvgIpc) is 2.96. The number of nitrogens with zero attached hydrogens (tertiary/aromatic N) is 5. The number of hydrogen-bond acceptors (Lipinski definition) is 6. The van der Waals surface area contributed by atoms with Crippen molar-refractivity contribution in [3.05, 3.63) is 36.0 Å². The number of rotatable bonds is 3. The highest BCUT2D eigenvalue weighted by Crippen LogP contribution is 2.30. The molecule has 0 aliphatic carbocycles. The van der Waals surface area contributed by atoms with Crippen LogP contribution in [0.5, 0.6) is 5.75 Å². The number of aromatic hydroxyl groups is 1. The maximum atomic E-state index is 10.2. The molecule has 6 nitrogen and oxygen atoms in total. The van der Waals surface area contributed by atoms with Crippen LogP contribution in [0, 0.1) is 0 Å². The maximum Gasteiger partial charge on any atom is 0.161 e. The fourth-order valence-electron chi connectivity index (χ4n) is 3.23. The van der Waals surface area contributed by atoms with Gasteiger partial charge >= 0.3 is 0 Å². The van der Waals surface area contributed by atoms with Crippen LogP contribution in [0.3, 0.4) is 0 Å².